The summed E-state index contributed by atoms with van der Waals surface area (Å²) in [4.78, 5) is 11.2. The number of benzene rings is 1. The summed E-state index contributed by atoms with van der Waals surface area (Å²) < 4.78 is 31.5. The highest BCUT2D eigenvalue weighted by Crippen LogP contribution is 2.36. The molecule has 0 spiro atoms. The Hall–Kier alpha value is -2.55. The van der Waals surface area contributed by atoms with Crippen molar-refractivity contribution in [3.63, 3.8) is 0 Å². The van der Waals surface area contributed by atoms with Gasteiger partial charge in [-0.25, -0.2) is 4.79 Å². The number of para-hydroxylation sites is 2. The minimum absolute atomic E-state index is 0.108. The molecule has 3 rings (SSSR count). The number of anilines is 1. The van der Waals surface area contributed by atoms with Crippen molar-refractivity contribution in [2.45, 2.75) is 11.1 Å². The lowest BCUT2D eigenvalue weighted by Gasteiger charge is -2.33. The molecule has 8 nitrogen and oxygen atoms in total. The number of fused-ring (bicyclic) bond motifs is 1. The number of hydrogen-bond acceptors (Lipinski definition) is 5. The van der Waals surface area contributed by atoms with E-state index < -0.39 is 22.1 Å². The topological polar surface area (TPSA) is 113 Å². The number of H-pyrrole nitrogens is 1. The van der Waals surface area contributed by atoms with Crippen LogP contribution in [0.5, 0.6) is 5.75 Å². The lowest BCUT2D eigenvalue weighted by Crippen LogP contribution is -2.47. The second kappa shape index (κ2) is 4.77. The van der Waals surface area contributed by atoms with E-state index in [9.17, 15) is 13.2 Å². The van der Waals surface area contributed by atoms with E-state index in [4.69, 9.17) is 9.84 Å². The zero-order valence-corrected chi connectivity index (χ0v) is 11.4. The molecule has 0 aliphatic carbocycles. The Labute approximate surface area is 120 Å². The van der Waals surface area contributed by atoms with E-state index in [1.165, 1.54) is 18.3 Å². The molecule has 1 aromatic carbocycles. The molecule has 21 heavy (non-hydrogen) atoms. The molecule has 1 aliphatic rings. The molecule has 1 aliphatic heterocycles. The van der Waals surface area contributed by atoms with Gasteiger partial charge in [-0.05, 0) is 18.2 Å². The Morgan fingerprint density at radius 1 is 1.38 bits per heavy atom. The fourth-order valence-corrected chi connectivity index (χ4v) is 3.44. The maximum atomic E-state index is 12.6. The van der Waals surface area contributed by atoms with Crippen molar-refractivity contribution >= 4 is 21.7 Å². The van der Waals surface area contributed by atoms with Crippen molar-refractivity contribution in [3.05, 3.63) is 36.5 Å². The minimum atomic E-state index is -3.93. The Morgan fingerprint density at radius 2 is 2.14 bits per heavy atom. The van der Waals surface area contributed by atoms with E-state index in [-0.39, 0.29) is 17.3 Å². The zero-order chi connectivity index (χ0) is 15.0. The van der Waals surface area contributed by atoms with E-state index in [0.717, 1.165) is 4.31 Å². The van der Waals surface area contributed by atoms with Crippen molar-refractivity contribution in [2.24, 2.45) is 0 Å². The third kappa shape index (κ3) is 2.21. The van der Waals surface area contributed by atoms with Gasteiger partial charge in [0.2, 0.25) is 6.10 Å². The van der Waals surface area contributed by atoms with Crippen LogP contribution in [0.4, 0.5) is 5.69 Å². The number of sulfonamides is 1. The number of rotatable bonds is 3. The predicted molar refractivity (Wildman–Crippen MR) is 71.6 cm³/mol. The quantitative estimate of drug-likeness (QED) is 0.851. The van der Waals surface area contributed by atoms with E-state index in [0.29, 0.717) is 5.69 Å². The second-order valence-corrected chi connectivity index (χ2v) is 6.20. The highest BCUT2D eigenvalue weighted by atomic mass is 32.2. The number of aromatic amines is 1. The van der Waals surface area contributed by atoms with Crippen molar-refractivity contribution < 1.29 is 23.1 Å². The number of ether oxygens (including phenoxy) is 1. The van der Waals surface area contributed by atoms with E-state index in [1.54, 1.807) is 18.2 Å². The van der Waals surface area contributed by atoms with Gasteiger partial charge in [-0.15, -0.1) is 0 Å². The fraction of sp³-hybridized carbons (Fsp3) is 0.167. The summed E-state index contributed by atoms with van der Waals surface area (Å²) in [6.07, 6.45) is 0.0473. The van der Waals surface area contributed by atoms with Gasteiger partial charge in [-0.3, -0.25) is 9.40 Å². The molecule has 2 heterocycles. The van der Waals surface area contributed by atoms with Crippen LogP contribution < -0.4 is 9.04 Å². The Kier molecular flexibility index (Phi) is 3.05. The maximum Gasteiger partial charge on any atom is 0.346 e. The largest absolute Gasteiger partial charge is 0.478 e. The first-order valence-corrected chi connectivity index (χ1v) is 7.45. The average molecular weight is 309 g/mol. The maximum absolute atomic E-state index is 12.6. The molecule has 0 saturated heterocycles. The molecule has 0 saturated carbocycles. The number of aromatic nitrogens is 2. The first-order valence-electron chi connectivity index (χ1n) is 6.01. The molecule has 0 amide bonds. The summed E-state index contributed by atoms with van der Waals surface area (Å²) in [6.45, 7) is -0.312. The third-order valence-electron chi connectivity index (χ3n) is 3.05. The molecule has 1 aromatic heterocycles. The summed E-state index contributed by atoms with van der Waals surface area (Å²) in [6, 6.07) is 7.69. The number of nitrogens with one attached hydrogen (secondary N) is 1. The van der Waals surface area contributed by atoms with Gasteiger partial charge in [0.1, 0.15) is 5.75 Å². The fourth-order valence-electron chi connectivity index (χ4n) is 2.06. The Morgan fingerprint density at radius 3 is 2.81 bits per heavy atom. The van der Waals surface area contributed by atoms with Crippen LogP contribution in [0, 0.1) is 0 Å². The summed E-state index contributed by atoms with van der Waals surface area (Å²) in [7, 11) is -3.93. The molecule has 0 radical (unpaired) electrons. The number of carbonyl (C=O) groups is 1. The number of nitrogens with zero attached hydrogens (tertiary/aromatic N) is 2. The van der Waals surface area contributed by atoms with Crippen molar-refractivity contribution in [3.8, 4) is 5.75 Å². The highest BCUT2D eigenvalue weighted by Gasteiger charge is 2.37. The van der Waals surface area contributed by atoms with Crippen LogP contribution in [0.3, 0.4) is 0 Å². The monoisotopic (exact) mass is 309 g/mol. The normalized spacial score (nSPS) is 17.9. The first-order chi connectivity index (χ1) is 10.00. The highest BCUT2D eigenvalue weighted by molar-refractivity contribution is 7.92. The smallest absolute Gasteiger partial charge is 0.346 e. The number of carboxylic acid groups (broad SMARTS) is 1. The van der Waals surface area contributed by atoms with Gasteiger partial charge < -0.3 is 9.84 Å². The van der Waals surface area contributed by atoms with Crippen LogP contribution in [0.15, 0.2) is 41.6 Å². The van der Waals surface area contributed by atoms with Crippen LogP contribution in [0.2, 0.25) is 0 Å². The summed E-state index contributed by atoms with van der Waals surface area (Å²) in [5, 5.41) is 15.0. The van der Waals surface area contributed by atoms with Crippen LogP contribution in [-0.4, -0.2) is 42.3 Å². The number of carboxylic acids is 1. The summed E-state index contributed by atoms with van der Waals surface area (Å²) >= 11 is 0. The van der Waals surface area contributed by atoms with Gasteiger partial charge in [0.25, 0.3) is 10.0 Å². The Bertz CT molecular complexity index is 772. The van der Waals surface area contributed by atoms with Gasteiger partial charge in [0.15, 0.2) is 5.03 Å². The molecule has 9 heteroatoms. The lowest BCUT2D eigenvalue weighted by molar-refractivity contribution is -0.144. The molecule has 0 bridgehead atoms. The van der Waals surface area contributed by atoms with Crippen LogP contribution in [0.1, 0.15) is 0 Å². The predicted octanol–water partition coefficient (Wildman–Crippen LogP) is 0.451. The molecular weight excluding hydrogens is 298 g/mol. The summed E-state index contributed by atoms with van der Waals surface area (Å²) in [5.41, 5.74) is 0.296. The van der Waals surface area contributed by atoms with Gasteiger partial charge in [0, 0.05) is 0 Å². The summed E-state index contributed by atoms with van der Waals surface area (Å²) in [5.74, 6) is -1.02. The minimum Gasteiger partial charge on any atom is -0.478 e. The van der Waals surface area contributed by atoms with Crippen LogP contribution in [-0.2, 0) is 14.8 Å². The number of aliphatic carboxylic acids is 1. The zero-order valence-electron chi connectivity index (χ0n) is 10.6. The third-order valence-corrected chi connectivity index (χ3v) is 4.76. The SMILES string of the molecule is O=C(O)C1CN(S(=O)(=O)c2ccn[nH]2)c2ccccc2O1. The van der Waals surface area contributed by atoms with Crippen molar-refractivity contribution in [2.75, 3.05) is 10.8 Å². The molecule has 0 fully saturated rings. The van der Waals surface area contributed by atoms with Crippen molar-refractivity contribution in [1.82, 2.24) is 10.2 Å². The standard InChI is InChI=1S/C12H11N3O5S/c16-12(17)10-7-15(8-3-1-2-4-9(8)20-10)21(18,19)11-5-6-13-14-11/h1-6,10H,7H2,(H,13,14)(H,16,17). The molecule has 110 valence electrons. The Balaban J connectivity index is 2.11. The second-order valence-electron chi connectivity index (χ2n) is 4.37. The van der Waals surface area contributed by atoms with E-state index in [2.05, 4.69) is 10.2 Å². The molecule has 1 atom stereocenters. The van der Waals surface area contributed by atoms with Gasteiger partial charge in [-0.2, -0.15) is 13.5 Å². The van der Waals surface area contributed by atoms with Gasteiger partial charge in [-0.1, -0.05) is 12.1 Å². The molecule has 2 N–H and O–H groups in total. The van der Waals surface area contributed by atoms with Crippen molar-refractivity contribution in [1.29, 1.82) is 0 Å². The molecule has 1 unspecified atom stereocenters. The average Bonchev–Trinajstić information content (AvgIpc) is 3.00. The van der Waals surface area contributed by atoms with Crippen LogP contribution >= 0.6 is 0 Å². The van der Waals surface area contributed by atoms with Gasteiger partial charge >= 0.3 is 5.97 Å². The van der Waals surface area contributed by atoms with E-state index in [1.807, 2.05) is 0 Å². The van der Waals surface area contributed by atoms with Crippen LogP contribution in [0.25, 0.3) is 0 Å². The van der Waals surface area contributed by atoms with Gasteiger partial charge in [0.05, 0.1) is 18.4 Å². The number of hydrogen-bond donors (Lipinski definition) is 2. The lowest BCUT2D eigenvalue weighted by atomic mass is 10.2. The molecule has 2 aromatic rings. The van der Waals surface area contributed by atoms with E-state index >= 15 is 0 Å². The molecular formula is C12H11N3O5S. The first kappa shape index (κ1) is 13.4.